The zero-order valence-corrected chi connectivity index (χ0v) is 12.2. The second kappa shape index (κ2) is 5.54. The summed E-state index contributed by atoms with van der Waals surface area (Å²) in [4.78, 5) is 15.8. The number of hydrogen-bond donors (Lipinski definition) is 1. The van der Waals surface area contributed by atoms with E-state index in [9.17, 15) is 4.79 Å². The Balaban J connectivity index is 2.95. The van der Waals surface area contributed by atoms with Gasteiger partial charge in [0.15, 0.2) is 2.14 Å². The lowest BCUT2D eigenvalue weighted by Crippen LogP contribution is -2.17. The van der Waals surface area contributed by atoms with E-state index in [0.717, 1.165) is 5.56 Å². The highest BCUT2D eigenvalue weighted by atomic mass is 80.0. The second-order valence-corrected chi connectivity index (χ2v) is 9.56. The van der Waals surface area contributed by atoms with Crippen molar-refractivity contribution in [2.75, 3.05) is 0 Å². The van der Waals surface area contributed by atoms with Crippen molar-refractivity contribution in [1.29, 1.82) is 0 Å². The summed E-state index contributed by atoms with van der Waals surface area (Å²) in [6, 6.07) is 6.81. The van der Waals surface area contributed by atoms with Gasteiger partial charge in [-0.05, 0) is 11.6 Å². The van der Waals surface area contributed by atoms with Crippen LogP contribution < -0.4 is 0 Å². The van der Waals surface area contributed by atoms with Crippen molar-refractivity contribution in [3.8, 4) is 0 Å². The predicted octanol–water partition coefficient (Wildman–Crippen LogP) is 3.70. The normalized spacial score (nSPS) is 11.5. The Morgan fingerprint density at radius 1 is 1.40 bits per heavy atom. The van der Waals surface area contributed by atoms with Crippen molar-refractivity contribution in [1.82, 2.24) is 0 Å². The van der Waals surface area contributed by atoms with E-state index in [1.807, 2.05) is 0 Å². The smallest absolute Gasteiger partial charge is 0.201 e. The highest BCUT2D eigenvalue weighted by Crippen LogP contribution is 2.36. The molecule has 0 saturated heterocycles. The molecule has 1 N–H and O–H groups in total. The van der Waals surface area contributed by atoms with E-state index >= 15 is 0 Å². The maximum atomic E-state index is 11.8. The zero-order chi connectivity index (χ0) is 11.5. The summed E-state index contributed by atoms with van der Waals surface area (Å²) in [7, 11) is 0. The van der Waals surface area contributed by atoms with Gasteiger partial charge in [0.25, 0.3) is 0 Å². The first kappa shape index (κ1) is 13.3. The molecule has 0 amide bonds. The Kier molecular flexibility index (Phi) is 4.92. The Morgan fingerprint density at radius 2 is 2.07 bits per heavy atom. The predicted molar refractivity (Wildman–Crippen MR) is 67.7 cm³/mol. The van der Waals surface area contributed by atoms with Gasteiger partial charge >= 0.3 is 0 Å². The van der Waals surface area contributed by atoms with Gasteiger partial charge in [-0.25, -0.2) is 4.89 Å². The molecule has 0 saturated carbocycles. The fourth-order valence-corrected chi connectivity index (χ4v) is 1.73. The van der Waals surface area contributed by atoms with Gasteiger partial charge < -0.3 is 0 Å². The molecule has 0 aliphatic heterocycles. The number of rotatable bonds is 3. The van der Waals surface area contributed by atoms with Crippen molar-refractivity contribution in [3.63, 3.8) is 0 Å². The number of alkyl halides is 3. The molecular formula is C9H7Br3O3. The molecule has 0 heterocycles. The molecule has 1 aromatic rings. The van der Waals surface area contributed by atoms with Crippen molar-refractivity contribution in [2.45, 2.75) is 8.75 Å². The summed E-state index contributed by atoms with van der Waals surface area (Å²) in [5.74, 6) is -0.165. The minimum absolute atomic E-state index is 0.0565. The third-order valence-corrected chi connectivity index (χ3v) is 2.76. The molecule has 0 fully saturated rings. The maximum absolute atomic E-state index is 11.8. The molecule has 0 aliphatic rings. The summed E-state index contributed by atoms with van der Waals surface area (Å²) in [5.41, 5.74) is 1.23. The zero-order valence-electron chi connectivity index (χ0n) is 7.41. The lowest BCUT2D eigenvalue weighted by molar-refractivity contribution is -0.253. The van der Waals surface area contributed by atoms with Crippen LogP contribution >= 0.6 is 47.8 Å². The van der Waals surface area contributed by atoms with Crippen LogP contribution in [0, 0.1) is 0 Å². The van der Waals surface area contributed by atoms with Gasteiger partial charge in [0.1, 0.15) is 6.61 Å². The highest BCUT2D eigenvalue weighted by Gasteiger charge is 2.29. The van der Waals surface area contributed by atoms with Crippen LogP contribution in [0.1, 0.15) is 15.9 Å². The minimum atomic E-state index is -0.953. The number of carbonyl (C=O) groups excluding carboxylic acids is 1. The van der Waals surface area contributed by atoms with E-state index in [1.54, 1.807) is 24.3 Å². The molecular weight excluding hydrogens is 396 g/mol. The summed E-state index contributed by atoms with van der Waals surface area (Å²) in [5, 5.41) is 8.30. The number of Topliss-reactive ketones (excluding diaryl/α,β-unsaturated/α-hetero) is 1. The molecule has 0 unspecified atom stereocenters. The molecule has 1 rings (SSSR count). The van der Waals surface area contributed by atoms with Crippen LogP contribution in [0.3, 0.4) is 0 Å². The lowest BCUT2D eigenvalue weighted by atomic mass is 10.1. The quantitative estimate of drug-likeness (QED) is 0.363. The van der Waals surface area contributed by atoms with Crippen LogP contribution in [0.4, 0.5) is 0 Å². The van der Waals surface area contributed by atoms with E-state index in [4.69, 9.17) is 5.26 Å². The molecule has 3 nitrogen and oxygen atoms in total. The first-order valence-corrected chi connectivity index (χ1v) is 6.30. The third-order valence-electron chi connectivity index (χ3n) is 1.68. The summed E-state index contributed by atoms with van der Waals surface area (Å²) in [6.07, 6.45) is 0. The van der Waals surface area contributed by atoms with Crippen LogP contribution in [0.2, 0.25) is 0 Å². The summed E-state index contributed by atoms with van der Waals surface area (Å²) in [6.45, 7) is 0.0565. The molecule has 1 aromatic carbocycles. The largest absolute Gasteiger partial charge is 0.291 e. The van der Waals surface area contributed by atoms with Gasteiger partial charge in [0.05, 0.1) is 0 Å². The Morgan fingerprint density at radius 3 is 2.60 bits per heavy atom. The van der Waals surface area contributed by atoms with Gasteiger partial charge in [0, 0.05) is 5.56 Å². The monoisotopic (exact) mass is 400 g/mol. The average Bonchev–Trinajstić information content (AvgIpc) is 2.16. The van der Waals surface area contributed by atoms with Crippen LogP contribution in [-0.2, 0) is 11.5 Å². The fraction of sp³-hybridized carbons (Fsp3) is 0.222. The van der Waals surface area contributed by atoms with Gasteiger partial charge in [-0.15, -0.1) is 0 Å². The van der Waals surface area contributed by atoms with Gasteiger partial charge in [-0.1, -0.05) is 66.0 Å². The van der Waals surface area contributed by atoms with Crippen molar-refractivity contribution in [3.05, 3.63) is 35.4 Å². The lowest BCUT2D eigenvalue weighted by Gasteiger charge is -2.11. The summed E-state index contributed by atoms with van der Waals surface area (Å²) >= 11 is 9.44. The number of ketones is 1. The average molecular weight is 403 g/mol. The SMILES string of the molecule is O=C(c1cccc(COO)c1)C(Br)(Br)Br. The van der Waals surface area contributed by atoms with Crippen LogP contribution in [0.15, 0.2) is 24.3 Å². The van der Waals surface area contributed by atoms with Crippen LogP contribution in [0.25, 0.3) is 0 Å². The molecule has 0 bridgehead atoms. The molecule has 6 heteroatoms. The van der Waals surface area contributed by atoms with Gasteiger partial charge in [0.2, 0.25) is 5.78 Å². The molecule has 0 aromatic heterocycles. The summed E-state index contributed by atoms with van der Waals surface area (Å²) < 4.78 is -0.953. The first-order valence-electron chi connectivity index (χ1n) is 3.92. The molecule has 0 aliphatic carbocycles. The van der Waals surface area contributed by atoms with Crippen LogP contribution in [0.5, 0.6) is 0 Å². The van der Waals surface area contributed by atoms with E-state index < -0.39 is 2.14 Å². The molecule has 82 valence electrons. The van der Waals surface area contributed by atoms with Gasteiger partial charge in [-0.3, -0.25) is 10.1 Å². The molecule has 0 spiro atoms. The third kappa shape index (κ3) is 3.96. The Bertz CT molecular complexity index is 360. The molecule has 0 atom stereocenters. The Hall–Kier alpha value is 0.250. The van der Waals surface area contributed by atoms with E-state index in [1.165, 1.54) is 0 Å². The van der Waals surface area contributed by atoms with E-state index in [2.05, 4.69) is 52.7 Å². The first-order chi connectivity index (χ1) is 6.95. The van der Waals surface area contributed by atoms with Crippen molar-refractivity contribution < 1.29 is 14.9 Å². The van der Waals surface area contributed by atoms with Crippen LogP contribution in [-0.4, -0.2) is 13.2 Å². The van der Waals surface area contributed by atoms with E-state index in [-0.39, 0.29) is 12.4 Å². The number of benzene rings is 1. The topological polar surface area (TPSA) is 46.5 Å². The number of halogens is 3. The van der Waals surface area contributed by atoms with E-state index in [0.29, 0.717) is 5.56 Å². The minimum Gasteiger partial charge on any atom is -0.291 e. The fourth-order valence-electron chi connectivity index (χ4n) is 1.04. The second-order valence-electron chi connectivity index (χ2n) is 2.80. The molecule has 0 radical (unpaired) electrons. The highest BCUT2D eigenvalue weighted by molar-refractivity contribution is 9.40. The number of carbonyl (C=O) groups is 1. The van der Waals surface area contributed by atoms with Crippen molar-refractivity contribution >= 4 is 53.6 Å². The number of hydrogen-bond acceptors (Lipinski definition) is 3. The standard InChI is InChI=1S/C9H7Br3O3/c10-9(11,12)8(13)7-3-1-2-6(4-7)5-15-14/h1-4,14H,5H2. The van der Waals surface area contributed by atoms with Crippen molar-refractivity contribution in [2.24, 2.45) is 0 Å². The van der Waals surface area contributed by atoms with Gasteiger partial charge in [-0.2, -0.15) is 0 Å². The Labute approximate surface area is 112 Å². The molecule has 15 heavy (non-hydrogen) atoms. The maximum Gasteiger partial charge on any atom is 0.201 e.